The number of nitrogens with zero attached hydrogens (tertiary/aromatic N) is 1. The molecule has 0 aliphatic heterocycles. The van der Waals surface area contributed by atoms with Crippen molar-refractivity contribution < 1.29 is 4.74 Å². The van der Waals surface area contributed by atoms with Crippen LogP contribution in [0.25, 0.3) is 0 Å². The lowest BCUT2D eigenvalue weighted by molar-refractivity contribution is 0.190. The van der Waals surface area contributed by atoms with Crippen molar-refractivity contribution in [3.8, 4) is 0 Å². The second-order valence-corrected chi connectivity index (χ2v) is 3.23. The van der Waals surface area contributed by atoms with Crippen LogP contribution in [0.5, 0.6) is 0 Å². The van der Waals surface area contributed by atoms with Crippen molar-refractivity contribution in [3.05, 3.63) is 28.2 Å². The Labute approximate surface area is 83.3 Å². The molecule has 4 nitrogen and oxygen atoms in total. The molecule has 0 saturated heterocycles. The number of anilines is 1. The summed E-state index contributed by atoms with van der Waals surface area (Å²) in [5, 5.41) is 0. The Kier molecular flexibility index (Phi) is 3.71. The van der Waals surface area contributed by atoms with E-state index in [1.807, 2.05) is 13.0 Å². The fourth-order valence-corrected chi connectivity index (χ4v) is 1.33. The van der Waals surface area contributed by atoms with Gasteiger partial charge in [-0.05, 0) is 25.5 Å². The second kappa shape index (κ2) is 4.81. The SMILES string of the molecule is COCCCn1c(C)ccc(N)c1=O. The maximum absolute atomic E-state index is 11.6. The Hall–Kier alpha value is -1.29. The van der Waals surface area contributed by atoms with Crippen LogP contribution in [0.2, 0.25) is 0 Å². The first kappa shape index (κ1) is 10.8. The number of nitrogen functional groups attached to an aromatic ring is 1. The third-order valence-electron chi connectivity index (χ3n) is 2.15. The highest BCUT2D eigenvalue weighted by Crippen LogP contribution is 2.00. The van der Waals surface area contributed by atoms with Gasteiger partial charge in [-0.2, -0.15) is 0 Å². The average molecular weight is 196 g/mol. The van der Waals surface area contributed by atoms with Gasteiger partial charge in [0.05, 0.1) is 5.69 Å². The lowest BCUT2D eigenvalue weighted by Crippen LogP contribution is -2.25. The van der Waals surface area contributed by atoms with E-state index in [0.29, 0.717) is 18.8 Å². The highest BCUT2D eigenvalue weighted by atomic mass is 16.5. The summed E-state index contributed by atoms with van der Waals surface area (Å²) >= 11 is 0. The Bertz CT molecular complexity index is 358. The van der Waals surface area contributed by atoms with Crippen molar-refractivity contribution in [2.45, 2.75) is 19.9 Å². The molecule has 1 aromatic heterocycles. The summed E-state index contributed by atoms with van der Waals surface area (Å²) in [7, 11) is 1.65. The highest BCUT2D eigenvalue weighted by molar-refractivity contribution is 5.35. The molecule has 1 aromatic rings. The minimum absolute atomic E-state index is 0.110. The molecule has 1 heterocycles. The van der Waals surface area contributed by atoms with E-state index >= 15 is 0 Å². The molecule has 0 spiro atoms. The van der Waals surface area contributed by atoms with Crippen molar-refractivity contribution in [3.63, 3.8) is 0 Å². The monoisotopic (exact) mass is 196 g/mol. The van der Waals surface area contributed by atoms with Crippen LogP contribution >= 0.6 is 0 Å². The van der Waals surface area contributed by atoms with E-state index in [4.69, 9.17) is 10.5 Å². The zero-order valence-electron chi connectivity index (χ0n) is 8.62. The van der Waals surface area contributed by atoms with Crippen LogP contribution in [-0.4, -0.2) is 18.3 Å². The topological polar surface area (TPSA) is 57.2 Å². The lowest BCUT2D eigenvalue weighted by Gasteiger charge is -2.09. The standard InChI is InChI=1S/C10H16N2O2/c1-8-4-5-9(11)10(13)12(8)6-3-7-14-2/h4-5H,3,6-7,11H2,1-2H3. The quantitative estimate of drug-likeness (QED) is 0.724. The van der Waals surface area contributed by atoms with E-state index in [9.17, 15) is 4.79 Å². The van der Waals surface area contributed by atoms with E-state index in [0.717, 1.165) is 12.1 Å². The molecule has 0 atom stereocenters. The summed E-state index contributed by atoms with van der Waals surface area (Å²) in [5.41, 5.74) is 6.65. The average Bonchev–Trinajstić information content (AvgIpc) is 2.18. The number of ether oxygens (including phenoxy) is 1. The lowest BCUT2D eigenvalue weighted by atomic mass is 10.3. The smallest absolute Gasteiger partial charge is 0.273 e. The zero-order chi connectivity index (χ0) is 10.6. The molecular weight excluding hydrogens is 180 g/mol. The summed E-state index contributed by atoms with van der Waals surface area (Å²) in [6.45, 7) is 3.21. The molecule has 0 saturated carbocycles. The molecule has 14 heavy (non-hydrogen) atoms. The van der Waals surface area contributed by atoms with Gasteiger partial charge in [0.25, 0.3) is 5.56 Å². The van der Waals surface area contributed by atoms with Crippen LogP contribution < -0.4 is 11.3 Å². The van der Waals surface area contributed by atoms with Gasteiger partial charge in [-0.1, -0.05) is 0 Å². The van der Waals surface area contributed by atoms with E-state index in [-0.39, 0.29) is 5.56 Å². The maximum atomic E-state index is 11.6. The summed E-state index contributed by atoms with van der Waals surface area (Å²) in [6.07, 6.45) is 0.820. The summed E-state index contributed by atoms with van der Waals surface area (Å²) < 4.78 is 6.60. The van der Waals surface area contributed by atoms with Crippen molar-refractivity contribution in [1.82, 2.24) is 4.57 Å². The predicted molar refractivity (Wildman–Crippen MR) is 56.3 cm³/mol. The number of aromatic nitrogens is 1. The van der Waals surface area contributed by atoms with Gasteiger partial charge in [0, 0.05) is 26.0 Å². The third kappa shape index (κ3) is 2.35. The molecule has 0 aliphatic carbocycles. The number of pyridine rings is 1. The van der Waals surface area contributed by atoms with Gasteiger partial charge in [-0.25, -0.2) is 0 Å². The summed E-state index contributed by atoms with van der Waals surface area (Å²) in [5.74, 6) is 0. The van der Waals surface area contributed by atoms with Crippen molar-refractivity contribution >= 4 is 5.69 Å². The zero-order valence-corrected chi connectivity index (χ0v) is 8.62. The van der Waals surface area contributed by atoms with E-state index in [2.05, 4.69) is 0 Å². The summed E-state index contributed by atoms with van der Waals surface area (Å²) in [6, 6.07) is 3.49. The molecule has 4 heteroatoms. The third-order valence-corrected chi connectivity index (χ3v) is 2.15. The molecule has 0 aromatic carbocycles. The van der Waals surface area contributed by atoms with Crippen molar-refractivity contribution in [2.24, 2.45) is 0 Å². The van der Waals surface area contributed by atoms with Crippen LogP contribution in [0, 0.1) is 6.92 Å². The highest BCUT2D eigenvalue weighted by Gasteiger charge is 2.02. The van der Waals surface area contributed by atoms with Crippen LogP contribution in [-0.2, 0) is 11.3 Å². The molecule has 0 fully saturated rings. The molecule has 78 valence electrons. The largest absolute Gasteiger partial charge is 0.394 e. The molecule has 0 amide bonds. The first-order chi connectivity index (χ1) is 6.66. The number of rotatable bonds is 4. The number of hydrogen-bond acceptors (Lipinski definition) is 3. The van der Waals surface area contributed by atoms with Gasteiger partial charge in [-0.15, -0.1) is 0 Å². The predicted octanol–water partition coefficient (Wildman–Crippen LogP) is 0.775. The fraction of sp³-hybridized carbons (Fsp3) is 0.500. The number of methoxy groups -OCH3 is 1. The van der Waals surface area contributed by atoms with Gasteiger partial charge < -0.3 is 15.0 Å². The van der Waals surface area contributed by atoms with Gasteiger partial charge in [0.15, 0.2) is 0 Å². The van der Waals surface area contributed by atoms with Gasteiger partial charge in [-0.3, -0.25) is 4.79 Å². The van der Waals surface area contributed by atoms with Crippen molar-refractivity contribution in [2.75, 3.05) is 19.5 Å². The Morgan fingerprint density at radius 3 is 2.86 bits per heavy atom. The van der Waals surface area contributed by atoms with Crippen molar-refractivity contribution in [1.29, 1.82) is 0 Å². The maximum Gasteiger partial charge on any atom is 0.273 e. The molecule has 0 aliphatic rings. The normalized spacial score (nSPS) is 10.4. The molecular formula is C10H16N2O2. The fourth-order valence-electron chi connectivity index (χ4n) is 1.33. The number of hydrogen-bond donors (Lipinski definition) is 1. The second-order valence-electron chi connectivity index (χ2n) is 3.23. The van der Waals surface area contributed by atoms with Crippen LogP contribution in [0.3, 0.4) is 0 Å². The van der Waals surface area contributed by atoms with Gasteiger partial charge in [0.1, 0.15) is 0 Å². The van der Waals surface area contributed by atoms with E-state index in [1.54, 1.807) is 17.7 Å². The molecule has 0 unspecified atom stereocenters. The molecule has 2 N–H and O–H groups in total. The van der Waals surface area contributed by atoms with Crippen LogP contribution in [0.1, 0.15) is 12.1 Å². The minimum Gasteiger partial charge on any atom is -0.394 e. The Morgan fingerprint density at radius 2 is 2.21 bits per heavy atom. The number of nitrogens with two attached hydrogens (primary N) is 1. The summed E-state index contributed by atoms with van der Waals surface area (Å²) in [4.78, 5) is 11.6. The van der Waals surface area contributed by atoms with E-state index in [1.165, 1.54) is 0 Å². The molecule has 0 radical (unpaired) electrons. The molecule has 1 rings (SSSR count). The minimum atomic E-state index is -0.110. The number of aryl methyl sites for hydroxylation is 1. The molecule has 0 bridgehead atoms. The Balaban J connectivity index is 2.84. The van der Waals surface area contributed by atoms with E-state index < -0.39 is 0 Å². The van der Waals surface area contributed by atoms with Gasteiger partial charge in [0.2, 0.25) is 0 Å². The van der Waals surface area contributed by atoms with Gasteiger partial charge >= 0.3 is 0 Å². The Morgan fingerprint density at radius 1 is 1.50 bits per heavy atom. The van der Waals surface area contributed by atoms with Crippen LogP contribution in [0.15, 0.2) is 16.9 Å². The van der Waals surface area contributed by atoms with Crippen LogP contribution in [0.4, 0.5) is 5.69 Å². The first-order valence-electron chi connectivity index (χ1n) is 4.61. The first-order valence-corrected chi connectivity index (χ1v) is 4.61.